The quantitative estimate of drug-likeness (QED) is 0.779. The van der Waals surface area contributed by atoms with Crippen molar-refractivity contribution in [3.63, 3.8) is 0 Å². The lowest BCUT2D eigenvalue weighted by molar-refractivity contribution is -0.137. The molecule has 0 aromatic heterocycles. The number of carboxylic acids is 1. The van der Waals surface area contributed by atoms with Crippen LogP contribution in [0.3, 0.4) is 0 Å². The predicted molar refractivity (Wildman–Crippen MR) is 70.0 cm³/mol. The molecular formula is C11H22N2O5S. The van der Waals surface area contributed by atoms with Gasteiger partial charge in [0.2, 0.25) is 0 Å². The Hall–Kier alpha value is -0.700. The van der Waals surface area contributed by atoms with Crippen molar-refractivity contribution in [3.05, 3.63) is 0 Å². The minimum absolute atomic E-state index is 0.0379. The van der Waals surface area contributed by atoms with Gasteiger partial charge in [-0.2, -0.15) is 17.0 Å². The van der Waals surface area contributed by atoms with Gasteiger partial charge in [0.1, 0.15) is 0 Å². The molecule has 1 aliphatic rings. The standard InChI is InChI=1S/C11H22N2O5S/c1-9-7-13(8-11(2,3)18-9)19(16,17)12(4)6-5-10(14)15/h9H,5-8H2,1-4H3,(H,14,15). The molecule has 1 aliphatic heterocycles. The summed E-state index contributed by atoms with van der Waals surface area (Å²) in [6.07, 6.45) is -0.398. The van der Waals surface area contributed by atoms with E-state index in [1.807, 2.05) is 20.8 Å². The summed E-state index contributed by atoms with van der Waals surface area (Å²) >= 11 is 0. The molecule has 0 radical (unpaired) electrons. The van der Waals surface area contributed by atoms with Crippen molar-refractivity contribution in [1.29, 1.82) is 0 Å². The lowest BCUT2D eigenvalue weighted by atomic mass is 10.1. The molecule has 1 rings (SSSR count). The minimum Gasteiger partial charge on any atom is -0.481 e. The van der Waals surface area contributed by atoms with Gasteiger partial charge in [-0.15, -0.1) is 0 Å². The molecule has 0 bridgehead atoms. The lowest BCUT2D eigenvalue weighted by Gasteiger charge is -2.41. The maximum Gasteiger partial charge on any atom is 0.304 e. The summed E-state index contributed by atoms with van der Waals surface area (Å²) < 4.78 is 32.8. The van der Waals surface area contributed by atoms with Crippen LogP contribution in [0.4, 0.5) is 0 Å². The van der Waals surface area contributed by atoms with E-state index in [4.69, 9.17) is 9.84 Å². The van der Waals surface area contributed by atoms with Gasteiger partial charge in [0, 0.05) is 26.7 Å². The third kappa shape index (κ3) is 4.41. The van der Waals surface area contributed by atoms with Crippen LogP contribution in [0.1, 0.15) is 27.2 Å². The number of aliphatic carboxylic acids is 1. The van der Waals surface area contributed by atoms with Crippen LogP contribution in [0, 0.1) is 0 Å². The number of rotatable bonds is 5. The fraction of sp³-hybridized carbons (Fsp3) is 0.909. The number of ether oxygens (including phenoxy) is 1. The van der Waals surface area contributed by atoms with E-state index in [-0.39, 0.29) is 32.2 Å². The van der Waals surface area contributed by atoms with Crippen LogP contribution in [0.2, 0.25) is 0 Å². The van der Waals surface area contributed by atoms with Gasteiger partial charge in [0.15, 0.2) is 0 Å². The molecule has 1 N–H and O–H groups in total. The molecule has 0 spiro atoms. The number of hydrogen-bond acceptors (Lipinski definition) is 4. The molecule has 8 heteroatoms. The molecule has 1 fully saturated rings. The maximum atomic E-state index is 12.3. The number of carboxylic acid groups (broad SMARTS) is 1. The Bertz CT molecular complexity index is 434. The Morgan fingerprint density at radius 2 is 2.11 bits per heavy atom. The fourth-order valence-electron chi connectivity index (χ4n) is 2.14. The molecule has 0 saturated carbocycles. The van der Waals surface area contributed by atoms with Crippen molar-refractivity contribution in [3.8, 4) is 0 Å². The smallest absolute Gasteiger partial charge is 0.304 e. The summed E-state index contributed by atoms with van der Waals surface area (Å²) in [6.45, 7) is 6.00. The highest BCUT2D eigenvalue weighted by molar-refractivity contribution is 7.86. The Balaban J connectivity index is 2.78. The average molecular weight is 294 g/mol. The van der Waals surface area contributed by atoms with Crippen molar-refractivity contribution >= 4 is 16.2 Å². The molecule has 1 unspecified atom stereocenters. The highest BCUT2D eigenvalue weighted by Gasteiger charge is 2.38. The number of nitrogens with zero attached hydrogens (tertiary/aromatic N) is 2. The lowest BCUT2D eigenvalue weighted by Crippen LogP contribution is -2.56. The molecule has 19 heavy (non-hydrogen) atoms. The molecule has 1 atom stereocenters. The molecule has 1 saturated heterocycles. The average Bonchev–Trinajstić information content (AvgIpc) is 2.22. The summed E-state index contributed by atoms with van der Waals surface area (Å²) in [4.78, 5) is 10.5. The first kappa shape index (κ1) is 16.4. The zero-order valence-corrected chi connectivity index (χ0v) is 12.6. The monoisotopic (exact) mass is 294 g/mol. The molecule has 0 aromatic rings. The molecule has 7 nitrogen and oxygen atoms in total. The highest BCUT2D eigenvalue weighted by atomic mass is 32.2. The van der Waals surface area contributed by atoms with Crippen molar-refractivity contribution in [2.45, 2.75) is 38.9 Å². The van der Waals surface area contributed by atoms with E-state index < -0.39 is 21.8 Å². The summed E-state index contributed by atoms with van der Waals surface area (Å²) in [5.41, 5.74) is -0.543. The van der Waals surface area contributed by atoms with Crippen LogP contribution < -0.4 is 0 Å². The molecule has 1 heterocycles. The van der Waals surface area contributed by atoms with Gasteiger partial charge in [-0.05, 0) is 20.8 Å². The van der Waals surface area contributed by atoms with Gasteiger partial charge < -0.3 is 9.84 Å². The van der Waals surface area contributed by atoms with E-state index in [2.05, 4.69) is 0 Å². The predicted octanol–water partition coefficient (Wildman–Crippen LogP) is 0.137. The van der Waals surface area contributed by atoms with Crippen molar-refractivity contribution < 1.29 is 23.1 Å². The van der Waals surface area contributed by atoms with Crippen molar-refractivity contribution in [2.24, 2.45) is 0 Å². The SMILES string of the molecule is CC1CN(S(=O)(=O)N(C)CCC(=O)O)CC(C)(C)O1. The van der Waals surface area contributed by atoms with Crippen LogP contribution >= 0.6 is 0 Å². The van der Waals surface area contributed by atoms with Gasteiger partial charge in [-0.3, -0.25) is 4.79 Å². The summed E-state index contributed by atoms with van der Waals surface area (Å²) in [7, 11) is -2.24. The summed E-state index contributed by atoms with van der Waals surface area (Å²) in [5, 5.41) is 8.61. The van der Waals surface area contributed by atoms with E-state index in [0.29, 0.717) is 0 Å². The van der Waals surface area contributed by atoms with Gasteiger partial charge in [0.25, 0.3) is 10.2 Å². The molecule has 0 aromatic carbocycles. The van der Waals surface area contributed by atoms with E-state index in [1.165, 1.54) is 11.4 Å². The normalized spacial score (nSPS) is 24.6. The summed E-state index contributed by atoms with van der Waals surface area (Å²) in [6, 6.07) is 0. The number of carbonyl (C=O) groups is 1. The van der Waals surface area contributed by atoms with E-state index in [9.17, 15) is 13.2 Å². The fourth-order valence-corrected chi connectivity index (χ4v) is 3.73. The Kier molecular flexibility index (Phi) is 4.94. The second-order valence-corrected chi connectivity index (χ2v) is 7.49. The zero-order valence-electron chi connectivity index (χ0n) is 11.8. The first-order chi connectivity index (χ1) is 8.54. The second kappa shape index (κ2) is 5.74. The second-order valence-electron chi connectivity index (χ2n) is 5.45. The molecular weight excluding hydrogens is 272 g/mol. The first-order valence-corrected chi connectivity index (χ1v) is 7.55. The summed E-state index contributed by atoms with van der Waals surface area (Å²) in [5.74, 6) is -1.02. The molecule has 0 aliphatic carbocycles. The Morgan fingerprint density at radius 1 is 1.53 bits per heavy atom. The van der Waals surface area contributed by atoms with Crippen molar-refractivity contribution in [2.75, 3.05) is 26.7 Å². The Labute approximate surface area is 114 Å². The topological polar surface area (TPSA) is 87.2 Å². The third-order valence-electron chi connectivity index (χ3n) is 2.90. The largest absolute Gasteiger partial charge is 0.481 e. The van der Waals surface area contributed by atoms with Gasteiger partial charge in [0.05, 0.1) is 18.1 Å². The van der Waals surface area contributed by atoms with E-state index >= 15 is 0 Å². The van der Waals surface area contributed by atoms with Crippen molar-refractivity contribution in [1.82, 2.24) is 8.61 Å². The van der Waals surface area contributed by atoms with E-state index in [0.717, 1.165) is 4.31 Å². The number of morpholine rings is 1. The zero-order chi connectivity index (χ0) is 14.8. The first-order valence-electron chi connectivity index (χ1n) is 6.15. The molecule has 0 amide bonds. The van der Waals surface area contributed by atoms with Crippen LogP contribution in [0.25, 0.3) is 0 Å². The van der Waals surface area contributed by atoms with Crippen LogP contribution in [0.5, 0.6) is 0 Å². The number of hydrogen-bond donors (Lipinski definition) is 1. The van der Waals surface area contributed by atoms with Gasteiger partial charge in [-0.1, -0.05) is 0 Å². The minimum atomic E-state index is -3.64. The molecule has 112 valence electrons. The van der Waals surface area contributed by atoms with Crippen LogP contribution in [0.15, 0.2) is 0 Å². The highest BCUT2D eigenvalue weighted by Crippen LogP contribution is 2.24. The van der Waals surface area contributed by atoms with Crippen LogP contribution in [-0.2, 0) is 19.7 Å². The third-order valence-corrected chi connectivity index (χ3v) is 4.80. The Morgan fingerprint density at radius 3 is 2.58 bits per heavy atom. The van der Waals surface area contributed by atoms with Crippen LogP contribution in [-0.4, -0.2) is 66.5 Å². The van der Waals surface area contributed by atoms with Gasteiger partial charge >= 0.3 is 5.97 Å². The maximum absolute atomic E-state index is 12.3. The van der Waals surface area contributed by atoms with Gasteiger partial charge in [-0.25, -0.2) is 0 Å². The van der Waals surface area contributed by atoms with E-state index in [1.54, 1.807) is 0 Å².